The predicted octanol–water partition coefficient (Wildman–Crippen LogP) is 9.06. The summed E-state index contributed by atoms with van der Waals surface area (Å²) in [5, 5.41) is 0. The molecule has 0 amide bonds. The molecular formula is C26H34Cl2Zr. The Morgan fingerprint density at radius 3 is 1.93 bits per heavy atom. The van der Waals surface area contributed by atoms with Crippen LogP contribution in [0.3, 0.4) is 0 Å². The quantitative estimate of drug-likeness (QED) is 0.388. The summed E-state index contributed by atoms with van der Waals surface area (Å²) in [6, 6.07) is 14.1. The van der Waals surface area contributed by atoms with Crippen LogP contribution in [0.5, 0.6) is 0 Å². The third-order valence-electron chi connectivity index (χ3n) is 5.51. The van der Waals surface area contributed by atoms with E-state index in [0.717, 1.165) is 6.42 Å². The molecule has 1 aliphatic carbocycles. The van der Waals surface area contributed by atoms with Crippen LogP contribution in [0.1, 0.15) is 83.6 Å². The van der Waals surface area contributed by atoms with Crippen molar-refractivity contribution >= 4 is 23.1 Å². The fourth-order valence-electron chi connectivity index (χ4n) is 3.82. The first-order valence-electron chi connectivity index (χ1n) is 10.4. The molecule has 0 fully saturated rings. The number of allylic oxidation sites excluding steroid dienone is 1. The molecule has 0 N–H and O–H groups in total. The van der Waals surface area contributed by atoms with Gasteiger partial charge >= 0.3 is 37.9 Å². The maximum atomic E-state index is 4.93. The zero-order valence-electron chi connectivity index (χ0n) is 18.9. The minimum atomic E-state index is -0.826. The van der Waals surface area contributed by atoms with Gasteiger partial charge in [-0.05, 0) is 57.1 Å². The zero-order chi connectivity index (χ0) is 21.8. The number of fused-ring (bicyclic) bond motifs is 1. The number of benzene rings is 2. The molecule has 0 atom stereocenters. The van der Waals surface area contributed by atoms with E-state index < -0.39 is 20.8 Å². The van der Waals surface area contributed by atoms with Gasteiger partial charge in [-0.1, -0.05) is 103 Å². The van der Waals surface area contributed by atoms with Gasteiger partial charge in [0.1, 0.15) is 0 Å². The van der Waals surface area contributed by atoms with Crippen LogP contribution in [-0.2, 0) is 38.1 Å². The Bertz CT molecular complexity index is 835. The maximum absolute atomic E-state index is 4.93. The van der Waals surface area contributed by atoms with Gasteiger partial charge in [-0.2, -0.15) is 0 Å². The first-order valence-corrected chi connectivity index (χ1v) is 16.8. The molecule has 0 heterocycles. The van der Waals surface area contributed by atoms with Crippen molar-refractivity contribution in [3.63, 3.8) is 0 Å². The molecule has 0 aliphatic heterocycles. The van der Waals surface area contributed by atoms with Crippen LogP contribution in [0.4, 0.5) is 0 Å². The Morgan fingerprint density at radius 1 is 0.897 bits per heavy atom. The average Bonchev–Trinajstić information content (AvgIpc) is 3.03. The van der Waals surface area contributed by atoms with Crippen LogP contribution in [0, 0.1) is 0 Å². The Kier molecular flexibility index (Phi) is 8.85. The summed E-state index contributed by atoms with van der Waals surface area (Å²) in [6.45, 7) is 16.1. The Hall–Kier alpha value is -0.357. The SMILES string of the molecule is CCCC1=Cc2c(cccc2-c2cc(C(C)(C)C)cc(C(C)(C)C)c2)C1.[Cl][Zr][Cl]. The van der Waals surface area contributed by atoms with E-state index in [1.807, 2.05) is 0 Å². The summed E-state index contributed by atoms with van der Waals surface area (Å²) < 4.78 is 0. The Labute approximate surface area is 196 Å². The molecule has 156 valence electrons. The van der Waals surface area contributed by atoms with Gasteiger partial charge in [0.25, 0.3) is 0 Å². The third kappa shape index (κ3) is 6.56. The molecule has 2 aromatic rings. The fraction of sp³-hybridized carbons (Fsp3) is 0.462. The van der Waals surface area contributed by atoms with Crippen LogP contribution >= 0.6 is 17.0 Å². The first kappa shape index (κ1) is 24.9. The zero-order valence-corrected chi connectivity index (χ0v) is 22.9. The first-order chi connectivity index (χ1) is 13.5. The topological polar surface area (TPSA) is 0 Å². The van der Waals surface area contributed by atoms with E-state index in [2.05, 4.69) is 90.9 Å². The van der Waals surface area contributed by atoms with Gasteiger partial charge in [0.15, 0.2) is 0 Å². The van der Waals surface area contributed by atoms with E-state index in [9.17, 15) is 0 Å². The Balaban J connectivity index is 0.000000941. The number of rotatable bonds is 3. The van der Waals surface area contributed by atoms with Crippen LogP contribution in [0.25, 0.3) is 17.2 Å². The van der Waals surface area contributed by atoms with Crippen molar-refractivity contribution in [2.75, 3.05) is 0 Å². The fourth-order valence-corrected chi connectivity index (χ4v) is 3.82. The molecule has 29 heavy (non-hydrogen) atoms. The van der Waals surface area contributed by atoms with E-state index in [1.54, 1.807) is 5.57 Å². The Morgan fingerprint density at radius 2 is 1.45 bits per heavy atom. The van der Waals surface area contributed by atoms with Crippen molar-refractivity contribution in [3.05, 3.63) is 64.2 Å². The van der Waals surface area contributed by atoms with Gasteiger partial charge in [-0.25, -0.2) is 0 Å². The van der Waals surface area contributed by atoms with Crippen molar-refractivity contribution in [1.82, 2.24) is 0 Å². The summed E-state index contributed by atoms with van der Waals surface area (Å²) in [5.41, 5.74) is 10.4. The van der Waals surface area contributed by atoms with E-state index in [4.69, 9.17) is 17.0 Å². The normalized spacial score (nSPS) is 13.3. The minimum absolute atomic E-state index is 0.150. The van der Waals surface area contributed by atoms with Gasteiger partial charge < -0.3 is 0 Å². The summed E-state index contributed by atoms with van der Waals surface area (Å²) >= 11 is -0.826. The molecular weight excluding hydrogens is 474 g/mol. The monoisotopic (exact) mass is 506 g/mol. The molecule has 3 heteroatoms. The van der Waals surface area contributed by atoms with Gasteiger partial charge in [0.05, 0.1) is 0 Å². The summed E-state index contributed by atoms with van der Waals surface area (Å²) in [6.07, 6.45) is 6.02. The molecule has 0 unspecified atom stereocenters. The van der Waals surface area contributed by atoms with E-state index in [0.29, 0.717) is 0 Å². The standard InChI is InChI=1S/C26H34.2ClH.Zr/c1-8-10-18-13-19-11-9-12-23(24(19)14-18)20-15-21(25(2,3)4)17-22(16-20)26(5,6)7;;;/h9,11-12,14-17H,8,10,13H2,1-7H3;2*1H;/q;;;+2/p-2. The van der Waals surface area contributed by atoms with Crippen LogP contribution < -0.4 is 0 Å². The second kappa shape index (κ2) is 10.3. The van der Waals surface area contributed by atoms with Crippen molar-refractivity contribution in [3.8, 4) is 11.1 Å². The summed E-state index contributed by atoms with van der Waals surface area (Å²) in [5.74, 6) is 0. The molecule has 2 aromatic carbocycles. The van der Waals surface area contributed by atoms with Crippen LogP contribution in [-0.4, -0.2) is 0 Å². The average molecular weight is 509 g/mol. The van der Waals surface area contributed by atoms with Crippen molar-refractivity contribution in [2.45, 2.75) is 78.6 Å². The molecule has 0 spiro atoms. The number of halogens is 2. The van der Waals surface area contributed by atoms with E-state index >= 15 is 0 Å². The molecule has 0 bridgehead atoms. The second-order valence-electron chi connectivity index (χ2n) is 9.98. The van der Waals surface area contributed by atoms with Crippen LogP contribution in [0.15, 0.2) is 42.0 Å². The number of hydrogen-bond donors (Lipinski definition) is 0. The molecule has 0 saturated heterocycles. The third-order valence-corrected chi connectivity index (χ3v) is 5.51. The molecule has 0 aromatic heterocycles. The molecule has 0 saturated carbocycles. The predicted molar refractivity (Wildman–Crippen MR) is 128 cm³/mol. The van der Waals surface area contributed by atoms with E-state index in [-0.39, 0.29) is 10.8 Å². The second-order valence-corrected chi connectivity index (χ2v) is 13.7. The molecule has 0 radical (unpaired) electrons. The molecule has 1 aliphatic rings. The van der Waals surface area contributed by atoms with Crippen molar-refractivity contribution in [1.29, 1.82) is 0 Å². The van der Waals surface area contributed by atoms with Gasteiger partial charge in [-0.15, -0.1) is 0 Å². The molecule has 0 nitrogen and oxygen atoms in total. The number of hydrogen-bond acceptors (Lipinski definition) is 0. The van der Waals surface area contributed by atoms with Gasteiger partial charge in [-0.3, -0.25) is 0 Å². The van der Waals surface area contributed by atoms with Crippen molar-refractivity contribution in [2.24, 2.45) is 0 Å². The van der Waals surface area contributed by atoms with Gasteiger partial charge in [0.2, 0.25) is 0 Å². The van der Waals surface area contributed by atoms with Gasteiger partial charge in [0, 0.05) is 0 Å². The summed E-state index contributed by atoms with van der Waals surface area (Å²) in [4.78, 5) is 0. The van der Waals surface area contributed by atoms with Crippen molar-refractivity contribution < 1.29 is 20.8 Å². The van der Waals surface area contributed by atoms with E-state index in [1.165, 1.54) is 46.2 Å². The van der Waals surface area contributed by atoms with Crippen LogP contribution in [0.2, 0.25) is 0 Å². The summed E-state index contributed by atoms with van der Waals surface area (Å²) in [7, 11) is 9.87. The molecule has 3 rings (SSSR count).